The molecule has 1 N–H and O–H groups in total. The van der Waals surface area contributed by atoms with Crippen molar-refractivity contribution in [1.29, 1.82) is 5.41 Å². The van der Waals surface area contributed by atoms with Crippen LogP contribution in [-0.2, 0) is 0 Å². The molecule has 0 aliphatic rings. The first-order chi connectivity index (χ1) is 13.5. The topological polar surface area (TPSA) is 36.3 Å². The lowest BCUT2D eigenvalue weighted by Crippen LogP contribution is -2.29. The Bertz CT molecular complexity index is 874. The molecule has 0 radical (unpaired) electrons. The minimum absolute atomic E-state index is 0.415. The van der Waals surface area contributed by atoms with Gasteiger partial charge in [0, 0.05) is 24.1 Å². The van der Waals surface area contributed by atoms with Crippen LogP contribution in [-0.4, -0.2) is 42.4 Å². The van der Waals surface area contributed by atoms with Crippen molar-refractivity contribution in [3.63, 3.8) is 0 Å². The molecular formula is C21H24F4N2OS. The summed E-state index contributed by atoms with van der Waals surface area (Å²) in [6.07, 6.45) is -3.69. The summed E-state index contributed by atoms with van der Waals surface area (Å²) >= 11 is 0.656. The van der Waals surface area contributed by atoms with Gasteiger partial charge in [-0.05, 0) is 62.2 Å². The maximum Gasteiger partial charge on any atom is 0.316 e. The van der Waals surface area contributed by atoms with Crippen molar-refractivity contribution in [2.45, 2.75) is 38.0 Å². The van der Waals surface area contributed by atoms with E-state index in [-0.39, 0.29) is 0 Å². The molecule has 29 heavy (non-hydrogen) atoms. The Morgan fingerprint density at radius 2 is 1.86 bits per heavy atom. The number of rotatable bonds is 8. The van der Waals surface area contributed by atoms with Gasteiger partial charge in [0.1, 0.15) is 17.3 Å². The average Bonchev–Trinajstić information content (AvgIpc) is 2.68. The number of amidine groups is 1. The molecule has 0 atom stereocenters. The molecule has 0 spiro atoms. The third-order valence-electron chi connectivity index (χ3n) is 4.42. The zero-order valence-electron chi connectivity index (χ0n) is 16.7. The number of halogens is 4. The first-order valence-corrected chi connectivity index (χ1v) is 10.0. The van der Waals surface area contributed by atoms with Crippen molar-refractivity contribution in [1.82, 2.24) is 4.90 Å². The Labute approximate surface area is 172 Å². The fraction of sp³-hybridized carbons (Fsp3) is 0.381. The molecule has 158 valence electrons. The largest absolute Gasteiger partial charge is 0.457 e. The number of ether oxygens (including phenoxy) is 1. The first-order valence-electron chi connectivity index (χ1n) is 9.03. The summed E-state index contributed by atoms with van der Waals surface area (Å²) in [6, 6.07) is 10.1. The molecular weight excluding hydrogens is 404 g/mol. The van der Waals surface area contributed by atoms with Gasteiger partial charge in [-0.15, -0.1) is 11.8 Å². The lowest BCUT2D eigenvalue weighted by molar-refractivity contribution is -0.109. The van der Waals surface area contributed by atoms with E-state index in [9.17, 15) is 17.6 Å². The smallest absolute Gasteiger partial charge is 0.316 e. The molecule has 0 aromatic heterocycles. The monoisotopic (exact) mass is 428 g/mol. The Hall–Kier alpha value is -2.22. The Morgan fingerprint density at radius 1 is 1.17 bits per heavy atom. The van der Waals surface area contributed by atoms with Crippen molar-refractivity contribution < 1.29 is 22.3 Å². The van der Waals surface area contributed by atoms with Crippen molar-refractivity contribution >= 4 is 17.6 Å². The van der Waals surface area contributed by atoms with E-state index >= 15 is 0 Å². The number of alkyl halides is 4. The number of thioether (sulfide) groups is 1. The zero-order chi connectivity index (χ0) is 21.8. The summed E-state index contributed by atoms with van der Waals surface area (Å²) in [6.45, 7) is 6.43. The van der Waals surface area contributed by atoms with Gasteiger partial charge in [0.15, 0.2) is 0 Å². The van der Waals surface area contributed by atoms with E-state index in [4.69, 9.17) is 10.1 Å². The van der Waals surface area contributed by atoms with Gasteiger partial charge in [-0.2, -0.15) is 8.78 Å². The summed E-state index contributed by atoms with van der Waals surface area (Å²) in [4.78, 5) is 2.25. The lowest BCUT2D eigenvalue weighted by Gasteiger charge is -2.21. The van der Waals surface area contributed by atoms with Gasteiger partial charge in [0.05, 0.1) is 5.75 Å². The molecule has 8 heteroatoms. The number of aryl methyl sites for hydroxylation is 2. The molecule has 0 bridgehead atoms. The maximum atomic E-state index is 13.1. The molecule has 0 saturated heterocycles. The van der Waals surface area contributed by atoms with Gasteiger partial charge >= 0.3 is 12.3 Å². The van der Waals surface area contributed by atoms with Gasteiger partial charge in [-0.25, -0.2) is 8.78 Å². The third kappa shape index (κ3) is 5.88. The first kappa shape index (κ1) is 23.1. The van der Waals surface area contributed by atoms with Crippen LogP contribution in [0.15, 0.2) is 41.3 Å². The predicted molar refractivity (Wildman–Crippen MR) is 109 cm³/mol. The second-order valence-electron chi connectivity index (χ2n) is 6.72. The van der Waals surface area contributed by atoms with Gasteiger partial charge in [-0.1, -0.05) is 6.07 Å². The van der Waals surface area contributed by atoms with Gasteiger partial charge in [0.2, 0.25) is 0 Å². The molecule has 2 aromatic rings. The summed E-state index contributed by atoms with van der Waals surface area (Å²) in [5.41, 5.74) is 2.50. The fourth-order valence-electron chi connectivity index (χ4n) is 2.52. The zero-order valence-corrected chi connectivity index (χ0v) is 17.5. The summed E-state index contributed by atoms with van der Waals surface area (Å²) in [5.74, 6) is -3.63. The number of hydrogen-bond acceptors (Lipinski definition) is 3. The van der Waals surface area contributed by atoms with Crippen LogP contribution in [0.3, 0.4) is 0 Å². The van der Waals surface area contributed by atoms with Crippen LogP contribution >= 0.6 is 11.8 Å². The normalized spacial score (nSPS) is 11.6. The average molecular weight is 428 g/mol. The second kappa shape index (κ2) is 9.52. The van der Waals surface area contributed by atoms with Crippen molar-refractivity contribution in [3.05, 3.63) is 53.1 Å². The van der Waals surface area contributed by atoms with E-state index < -0.39 is 18.1 Å². The highest BCUT2D eigenvalue weighted by molar-refractivity contribution is 7.99. The molecule has 3 nitrogen and oxygen atoms in total. The van der Waals surface area contributed by atoms with Crippen LogP contribution in [0.1, 0.15) is 23.6 Å². The highest BCUT2D eigenvalue weighted by atomic mass is 32.2. The minimum atomic E-state index is -4.04. The van der Waals surface area contributed by atoms with E-state index in [0.717, 1.165) is 16.7 Å². The molecule has 0 unspecified atom stereocenters. The van der Waals surface area contributed by atoms with Gasteiger partial charge < -0.3 is 9.64 Å². The van der Waals surface area contributed by atoms with Crippen molar-refractivity contribution in [2.24, 2.45) is 0 Å². The Balaban J connectivity index is 2.18. The number of benzene rings is 2. The van der Waals surface area contributed by atoms with E-state index in [1.807, 2.05) is 44.9 Å². The quantitative estimate of drug-likeness (QED) is 0.230. The molecule has 0 aliphatic carbocycles. The highest BCUT2D eigenvalue weighted by Gasteiger charge is 2.40. The third-order valence-corrected chi connectivity index (χ3v) is 5.53. The van der Waals surface area contributed by atoms with Gasteiger partial charge in [0.25, 0.3) is 0 Å². The van der Waals surface area contributed by atoms with Crippen LogP contribution in [0, 0.1) is 19.3 Å². The van der Waals surface area contributed by atoms with Crippen LogP contribution in [0.5, 0.6) is 11.5 Å². The SMILES string of the molecule is CCN(C)C(=N)c1cc(C)c(Oc2cccc(SCC(F)(F)C(F)F)c2)cc1C. The van der Waals surface area contributed by atoms with Crippen LogP contribution in [0.25, 0.3) is 0 Å². The Morgan fingerprint density at radius 3 is 2.48 bits per heavy atom. The maximum absolute atomic E-state index is 13.1. The Kier molecular flexibility index (Phi) is 7.57. The number of hydrogen-bond donors (Lipinski definition) is 1. The summed E-state index contributed by atoms with van der Waals surface area (Å²) in [5, 5.41) is 8.29. The van der Waals surface area contributed by atoms with E-state index in [1.54, 1.807) is 24.3 Å². The predicted octanol–water partition coefficient (Wildman–Crippen LogP) is 6.37. The number of nitrogens with zero attached hydrogens (tertiary/aromatic N) is 1. The molecule has 2 rings (SSSR count). The highest BCUT2D eigenvalue weighted by Crippen LogP contribution is 2.34. The lowest BCUT2D eigenvalue weighted by atomic mass is 10.0. The molecule has 0 amide bonds. The number of nitrogens with one attached hydrogen (secondary N) is 1. The molecule has 0 aliphatic heterocycles. The summed E-state index contributed by atoms with van der Waals surface area (Å²) in [7, 11) is 1.85. The van der Waals surface area contributed by atoms with Crippen LogP contribution in [0.4, 0.5) is 17.6 Å². The second-order valence-corrected chi connectivity index (χ2v) is 7.77. The van der Waals surface area contributed by atoms with E-state index in [1.165, 1.54) is 0 Å². The van der Waals surface area contributed by atoms with Crippen LogP contribution in [0.2, 0.25) is 0 Å². The molecule has 0 heterocycles. The van der Waals surface area contributed by atoms with E-state index in [0.29, 0.717) is 40.5 Å². The van der Waals surface area contributed by atoms with Crippen LogP contribution < -0.4 is 4.74 Å². The fourth-order valence-corrected chi connectivity index (χ4v) is 3.37. The van der Waals surface area contributed by atoms with Crippen molar-refractivity contribution in [3.8, 4) is 11.5 Å². The molecule has 2 aromatic carbocycles. The van der Waals surface area contributed by atoms with E-state index in [2.05, 4.69) is 0 Å². The summed E-state index contributed by atoms with van der Waals surface area (Å²) < 4.78 is 56.8. The molecule has 0 saturated carbocycles. The standard InChI is InChI=1S/C21H24F4N2OS/c1-5-27(4)19(26)17-9-14(3)18(10-13(17)2)28-15-7-6-8-16(11-15)29-12-21(24,25)20(22)23/h6-11,20,26H,5,12H2,1-4H3. The van der Waals surface area contributed by atoms with Gasteiger partial charge in [-0.3, -0.25) is 5.41 Å². The van der Waals surface area contributed by atoms with Crippen molar-refractivity contribution in [2.75, 3.05) is 19.3 Å². The minimum Gasteiger partial charge on any atom is -0.457 e. The molecule has 0 fully saturated rings.